The Morgan fingerprint density at radius 2 is 1.67 bits per heavy atom. The van der Waals surface area contributed by atoms with Gasteiger partial charge in [0.2, 0.25) is 11.7 Å². The Morgan fingerprint density at radius 3 is 2.17 bits per heavy atom. The lowest BCUT2D eigenvalue weighted by molar-refractivity contribution is -0.115. The number of amides is 1. The fourth-order valence-corrected chi connectivity index (χ4v) is 2.62. The smallest absolute Gasteiger partial charge is 0.228 e. The predicted octanol–water partition coefficient (Wildman–Crippen LogP) is 3.86. The molecule has 0 radical (unpaired) electrons. The highest BCUT2D eigenvalue weighted by molar-refractivity contribution is 6.33. The highest BCUT2D eigenvalue weighted by Gasteiger charge is 2.15. The Labute approximate surface area is 146 Å². The minimum Gasteiger partial charge on any atom is -0.493 e. The minimum absolute atomic E-state index is 0.154. The first kappa shape index (κ1) is 17.9. The maximum atomic E-state index is 12.3. The van der Waals surface area contributed by atoms with Crippen LogP contribution < -0.4 is 19.5 Å². The van der Waals surface area contributed by atoms with E-state index < -0.39 is 0 Å². The standard InChI is InChI=1S/C18H20ClNO4/c1-11-5-6-14(13(19)7-11)20-17(21)10-12-8-15(22-2)18(24-4)16(9-12)23-3/h5-9H,10H2,1-4H3,(H,20,21). The number of carbonyl (C=O) groups is 1. The first-order valence-corrected chi connectivity index (χ1v) is 7.71. The molecule has 2 aromatic rings. The molecule has 0 aromatic heterocycles. The summed E-state index contributed by atoms with van der Waals surface area (Å²) >= 11 is 6.14. The molecule has 2 aromatic carbocycles. The predicted molar refractivity (Wildman–Crippen MR) is 94.6 cm³/mol. The third kappa shape index (κ3) is 4.11. The van der Waals surface area contributed by atoms with Gasteiger partial charge in [-0.2, -0.15) is 0 Å². The van der Waals surface area contributed by atoms with Crippen LogP contribution in [0.2, 0.25) is 5.02 Å². The van der Waals surface area contributed by atoms with Crippen molar-refractivity contribution in [2.45, 2.75) is 13.3 Å². The van der Waals surface area contributed by atoms with Gasteiger partial charge in [0, 0.05) is 0 Å². The summed E-state index contributed by atoms with van der Waals surface area (Å²) in [4.78, 5) is 12.3. The van der Waals surface area contributed by atoms with Gasteiger partial charge in [-0.3, -0.25) is 4.79 Å². The zero-order valence-corrected chi connectivity index (χ0v) is 14.9. The van der Waals surface area contributed by atoms with Gasteiger partial charge in [0.15, 0.2) is 11.5 Å². The summed E-state index contributed by atoms with van der Waals surface area (Å²) in [7, 11) is 4.60. The van der Waals surface area contributed by atoms with Crippen LogP contribution in [0.4, 0.5) is 5.69 Å². The first-order valence-electron chi connectivity index (χ1n) is 7.33. The molecule has 0 unspecified atom stereocenters. The van der Waals surface area contributed by atoms with E-state index in [2.05, 4.69) is 5.32 Å². The molecule has 0 atom stereocenters. The second-order valence-corrected chi connectivity index (χ2v) is 5.65. The first-order chi connectivity index (χ1) is 11.5. The monoisotopic (exact) mass is 349 g/mol. The van der Waals surface area contributed by atoms with Gasteiger partial charge < -0.3 is 19.5 Å². The van der Waals surface area contributed by atoms with Crippen molar-refractivity contribution in [3.8, 4) is 17.2 Å². The van der Waals surface area contributed by atoms with Crippen LogP contribution >= 0.6 is 11.6 Å². The van der Waals surface area contributed by atoms with Gasteiger partial charge in [0.25, 0.3) is 0 Å². The molecule has 0 aliphatic rings. The average Bonchev–Trinajstić information content (AvgIpc) is 2.56. The lowest BCUT2D eigenvalue weighted by Gasteiger charge is -2.14. The van der Waals surface area contributed by atoms with E-state index in [0.29, 0.717) is 28.0 Å². The van der Waals surface area contributed by atoms with Crippen LogP contribution in [0.3, 0.4) is 0 Å². The largest absolute Gasteiger partial charge is 0.493 e. The second-order valence-electron chi connectivity index (χ2n) is 5.24. The number of carbonyl (C=O) groups excluding carboxylic acids is 1. The molecule has 6 heteroatoms. The van der Waals surface area contributed by atoms with Gasteiger partial charge >= 0.3 is 0 Å². The fourth-order valence-electron chi connectivity index (χ4n) is 2.34. The number of anilines is 1. The summed E-state index contributed by atoms with van der Waals surface area (Å²) in [5.41, 5.74) is 2.35. The molecule has 0 aliphatic carbocycles. The summed E-state index contributed by atoms with van der Waals surface area (Å²) in [6.07, 6.45) is 0.154. The van der Waals surface area contributed by atoms with E-state index in [0.717, 1.165) is 11.1 Å². The fraction of sp³-hybridized carbons (Fsp3) is 0.278. The van der Waals surface area contributed by atoms with Crippen molar-refractivity contribution in [3.63, 3.8) is 0 Å². The average molecular weight is 350 g/mol. The van der Waals surface area contributed by atoms with E-state index in [9.17, 15) is 4.79 Å². The molecule has 0 saturated heterocycles. The lowest BCUT2D eigenvalue weighted by Crippen LogP contribution is -2.15. The number of nitrogens with one attached hydrogen (secondary N) is 1. The van der Waals surface area contributed by atoms with E-state index in [1.54, 1.807) is 24.3 Å². The van der Waals surface area contributed by atoms with Crippen LogP contribution in [-0.4, -0.2) is 27.2 Å². The van der Waals surface area contributed by atoms with E-state index in [4.69, 9.17) is 25.8 Å². The van der Waals surface area contributed by atoms with Crippen LogP contribution in [0.25, 0.3) is 0 Å². The Morgan fingerprint density at radius 1 is 1.04 bits per heavy atom. The second kappa shape index (κ2) is 7.93. The summed E-state index contributed by atoms with van der Waals surface area (Å²) in [6, 6.07) is 8.97. The number of rotatable bonds is 6. The van der Waals surface area contributed by atoms with E-state index >= 15 is 0 Å². The van der Waals surface area contributed by atoms with Crippen molar-refractivity contribution >= 4 is 23.2 Å². The van der Waals surface area contributed by atoms with Gasteiger partial charge in [-0.25, -0.2) is 0 Å². The molecule has 128 valence electrons. The molecule has 1 N–H and O–H groups in total. The van der Waals surface area contributed by atoms with Crippen LogP contribution in [0, 0.1) is 6.92 Å². The number of aryl methyl sites for hydroxylation is 1. The van der Waals surface area contributed by atoms with E-state index in [1.165, 1.54) is 21.3 Å². The van der Waals surface area contributed by atoms with Crippen molar-refractivity contribution in [3.05, 3.63) is 46.5 Å². The zero-order chi connectivity index (χ0) is 17.7. The summed E-state index contributed by atoms with van der Waals surface area (Å²) in [6.45, 7) is 1.94. The maximum Gasteiger partial charge on any atom is 0.228 e. The van der Waals surface area contributed by atoms with Gasteiger partial charge in [-0.1, -0.05) is 17.7 Å². The van der Waals surface area contributed by atoms with Crippen molar-refractivity contribution in [1.29, 1.82) is 0 Å². The quantitative estimate of drug-likeness (QED) is 0.860. The molecular weight excluding hydrogens is 330 g/mol. The van der Waals surface area contributed by atoms with Crippen molar-refractivity contribution in [2.24, 2.45) is 0 Å². The highest BCUT2D eigenvalue weighted by atomic mass is 35.5. The van der Waals surface area contributed by atoms with Crippen molar-refractivity contribution in [2.75, 3.05) is 26.6 Å². The van der Waals surface area contributed by atoms with Crippen LogP contribution in [0.1, 0.15) is 11.1 Å². The van der Waals surface area contributed by atoms with Crippen LogP contribution in [-0.2, 0) is 11.2 Å². The topological polar surface area (TPSA) is 56.8 Å². The molecule has 0 saturated carbocycles. The number of benzene rings is 2. The van der Waals surface area contributed by atoms with Gasteiger partial charge in [0.05, 0.1) is 38.5 Å². The molecule has 0 aliphatic heterocycles. The molecule has 5 nitrogen and oxygen atoms in total. The van der Waals surface area contributed by atoms with Crippen LogP contribution in [0.15, 0.2) is 30.3 Å². The Bertz CT molecular complexity index is 721. The minimum atomic E-state index is -0.185. The van der Waals surface area contributed by atoms with E-state index in [1.807, 2.05) is 13.0 Å². The molecule has 1 amide bonds. The number of hydrogen-bond acceptors (Lipinski definition) is 4. The molecule has 0 bridgehead atoms. The lowest BCUT2D eigenvalue weighted by atomic mass is 10.1. The number of methoxy groups -OCH3 is 3. The third-order valence-corrected chi connectivity index (χ3v) is 3.80. The molecule has 0 fully saturated rings. The molecule has 24 heavy (non-hydrogen) atoms. The Balaban J connectivity index is 2.19. The molecule has 0 spiro atoms. The Hall–Kier alpha value is -2.40. The molecule has 0 heterocycles. The van der Waals surface area contributed by atoms with Crippen molar-refractivity contribution in [1.82, 2.24) is 0 Å². The van der Waals surface area contributed by atoms with Crippen LogP contribution in [0.5, 0.6) is 17.2 Å². The number of ether oxygens (including phenoxy) is 3. The maximum absolute atomic E-state index is 12.3. The van der Waals surface area contributed by atoms with Crippen molar-refractivity contribution < 1.29 is 19.0 Å². The molecular formula is C18H20ClNO4. The zero-order valence-electron chi connectivity index (χ0n) is 14.1. The number of halogens is 1. The summed E-state index contributed by atoms with van der Waals surface area (Å²) in [5.74, 6) is 1.32. The van der Waals surface area contributed by atoms with E-state index in [-0.39, 0.29) is 12.3 Å². The summed E-state index contributed by atoms with van der Waals surface area (Å²) < 4.78 is 15.9. The Kier molecular flexibility index (Phi) is 5.93. The molecule has 2 rings (SSSR count). The SMILES string of the molecule is COc1cc(CC(=O)Nc2ccc(C)cc2Cl)cc(OC)c1OC. The highest BCUT2D eigenvalue weighted by Crippen LogP contribution is 2.38. The van der Waals surface area contributed by atoms with Gasteiger partial charge in [0.1, 0.15) is 0 Å². The number of hydrogen-bond donors (Lipinski definition) is 1. The normalized spacial score (nSPS) is 10.2. The van der Waals surface area contributed by atoms with Gasteiger partial charge in [-0.05, 0) is 42.3 Å². The van der Waals surface area contributed by atoms with Gasteiger partial charge in [-0.15, -0.1) is 0 Å². The summed E-state index contributed by atoms with van der Waals surface area (Å²) in [5, 5.41) is 3.31. The third-order valence-electron chi connectivity index (χ3n) is 3.49.